The van der Waals surface area contributed by atoms with Gasteiger partial charge in [-0.25, -0.2) is 9.59 Å². The molecule has 5 aliphatic rings. The highest BCUT2D eigenvalue weighted by Crippen LogP contribution is 2.70. The lowest BCUT2D eigenvalue weighted by molar-refractivity contribution is -0.193. The zero-order chi connectivity index (χ0) is 15.5. The standard InChI is InChI=1S/C13H18N6O3/c14-16-15-8-12-5-13(6-12,7-12)19-4-9-3-17(11(21)22)1-2-18(9)10(19)20/h9H,1-8H2,(H,21,22). The van der Waals surface area contributed by atoms with E-state index in [1.54, 1.807) is 0 Å². The van der Waals surface area contributed by atoms with Gasteiger partial charge in [0, 0.05) is 43.2 Å². The number of carboxylic acid groups (broad SMARTS) is 1. The molecule has 2 saturated heterocycles. The van der Waals surface area contributed by atoms with Gasteiger partial charge in [-0.3, -0.25) is 0 Å². The van der Waals surface area contributed by atoms with E-state index in [0.29, 0.717) is 32.7 Å². The second-order valence-corrected chi connectivity index (χ2v) is 7.11. The molecule has 0 aromatic carbocycles. The number of nitrogens with zero attached hydrogens (tertiary/aromatic N) is 6. The summed E-state index contributed by atoms with van der Waals surface area (Å²) in [4.78, 5) is 31.7. The molecule has 1 atom stereocenters. The first-order chi connectivity index (χ1) is 10.5. The van der Waals surface area contributed by atoms with Gasteiger partial charge in [0.05, 0.1) is 6.04 Å². The molecule has 5 rings (SSSR count). The highest BCUT2D eigenvalue weighted by atomic mass is 16.4. The Morgan fingerprint density at radius 2 is 2.09 bits per heavy atom. The van der Waals surface area contributed by atoms with Crippen LogP contribution in [0.4, 0.5) is 9.59 Å². The van der Waals surface area contributed by atoms with Crippen LogP contribution in [0, 0.1) is 5.41 Å². The third kappa shape index (κ3) is 1.62. The van der Waals surface area contributed by atoms with Gasteiger partial charge in [0.15, 0.2) is 0 Å². The number of urea groups is 1. The second kappa shape index (κ2) is 4.19. The quantitative estimate of drug-likeness (QED) is 0.482. The van der Waals surface area contributed by atoms with Crippen molar-refractivity contribution in [2.24, 2.45) is 10.5 Å². The summed E-state index contributed by atoms with van der Waals surface area (Å²) >= 11 is 0. The molecule has 0 aromatic rings. The van der Waals surface area contributed by atoms with Crippen LogP contribution in [0.25, 0.3) is 10.4 Å². The van der Waals surface area contributed by atoms with Crippen LogP contribution in [0.1, 0.15) is 19.3 Å². The third-order valence-corrected chi connectivity index (χ3v) is 5.78. The summed E-state index contributed by atoms with van der Waals surface area (Å²) in [6.07, 6.45) is 1.82. The van der Waals surface area contributed by atoms with Crippen LogP contribution in [0.3, 0.4) is 0 Å². The van der Waals surface area contributed by atoms with Crippen LogP contribution in [-0.4, -0.2) is 76.2 Å². The van der Waals surface area contributed by atoms with Crippen molar-refractivity contribution in [2.45, 2.75) is 30.8 Å². The minimum Gasteiger partial charge on any atom is -0.465 e. The predicted molar refractivity (Wildman–Crippen MR) is 75.2 cm³/mol. The van der Waals surface area contributed by atoms with Gasteiger partial charge in [0.1, 0.15) is 0 Å². The molecule has 2 heterocycles. The average molecular weight is 306 g/mol. The number of fused-ring (bicyclic) bond motifs is 1. The van der Waals surface area contributed by atoms with E-state index in [-0.39, 0.29) is 23.0 Å². The first kappa shape index (κ1) is 13.5. The Bertz CT molecular complexity index is 581. The van der Waals surface area contributed by atoms with E-state index in [0.717, 1.165) is 19.3 Å². The first-order valence-electron chi connectivity index (χ1n) is 7.56. The Labute approximate surface area is 127 Å². The third-order valence-electron chi connectivity index (χ3n) is 5.78. The van der Waals surface area contributed by atoms with Crippen LogP contribution in [0.5, 0.6) is 0 Å². The number of carbonyl (C=O) groups is 2. The van der Waals surface area contributed by atoms with Gasteiger partial charge in [0.25, 0.3) is 0 Å². The minimum absolute atomic E-state index is 0.0283. The predicted octanol–water partition coefficient (Wildman–Crippen LogP) is 1.32. The van der Waals surface area contributed by atoms with Gasteiger partial charge in [-0.2, -0.15) is 0 Å². The van der Waals surface area contributed by atoms with Gasteiger partial charge >= 0.3 is 12.1 Å². The number of carbonyl (C=O) groups excluding carboxylic acids is 1. The number of hydrogen-bond donors (Lipinski definition) is 1. The number of amides is 3. The van der Waals surface area contributed by atoms with Crippen molar-refractivity contribution < 1.29 is 14.7 Å². The fourth-order valence-electron chi connectivity index (χ4n) is 4.85. The van der Waals surface area contributed by atoms with E-state index >= 15 is 0 Å². The van der Waals surface area contributed by atoms with Gasteiger partial charge in [-0.15, -0.1) is 0 Å². The van der Waals surface area contributed by atoms with Gasteiger partial charge < -0.3 is 19.8 Å². The average Bonchev–Trinajstić information content (AvgIpc) is 2.73. The second-order valence-electron chi connectivity index (χ2n) is 7.11. The maximum absolute atomic E-state index is 12.6. The summed E-state index contributed by atoms with van der Waals surface area (Å²) < 4.78 is 0. The molecule has 9 nitrogen and oxygen atoms in total. The van der Waals surface area contributed by atoms with Crippen molar-refractivity contribution in [3.05, 3.63) is 10.4 Å². The summed E-state index contributed by atoms with van der Waals surface area (Å²) in [7, 11) is 0. The molecule has 118 valence electrons. The summed E-state index contributed by atoms with van der Waals surface area (Å²) in [5.74, 6) is 0. The number of piperazine rings is 1. The highest BCUT2D eigenvalue weighted by Gasteiger charge is 2.71. The lowest BCUT2D eigenvalue weighted by Crippen LogP contribution is -2.76. The van der Waals surface area contributed by atoms with Crippen molar-refractivity contribution in [2.75, 3.05) is 32.7 Å². The van der Waals surface area contributed by atoms with E-state index in [4.69, 9.17) is 10.6 Å². The normalized spacial score (nSPS) is 38.8. The number of azide groups is 1. The lowest BCUT2D eigenvalue weighted by atomic mass is 9.39. The molecule has 22 heavy (non-hydrogen) atoms. The summed E-state index contributed by atoms with van der Waals surface area (Å²) in [5, 5.41) is 12.8. The highest BCUT2D eigenvalue weighted by molar-refractivity contribution is 5.79. The Kier molecular flexibility index (Phi) is 2.57. The van der Waals surface area contributed by atoms with Crippen LogP contribution in [0.15, 0.2) is 5.11 Å². The van der Waals surface area contributed by atoms with Gasteiger partial charge in [0.2, 0.25) is 0 Å². The molecule has 2 bridgehead atoms. The van der Waals surface area contributed by atoms with Crippen molar-refractivity contribution in [1.82, 2.24) is 14.7 Å². The Balaban J connectivity index is 1.43. The smallest absolute Gasteiger partial charge is 0.407 e. The molecule has 9 heteroatoms. The fraction of sp³-hybridized carbons (Fsp3) is 0.846. The molecule has 3 aliphatic carbocycles. The zero-order valence-electron chi connectivity index (χ0n) is 12.2. The molecule has 0 spiro atoms. The Morgan fingerprint density at radius 1 is 1.36 bits per heavy atom. The van der Waals surface area contributed by atoms with E-state index in [1.807, 2.05) is 9.80 Å². The van der Waals surface area contributed by atoms with Gasteiger partial charge in [-0.05, 0) is 30.2 Å². The number of rotatable bonds is 3. The first-order valence-corrected chi connectivity index (χ1v) is 7.56. The van der Waals surface area contributed by atoms with Crippen molar-refractivity contribution in [1.29, 1.82) is 0 Å². The molecule has 5 fully saturated rings. The molecule has 3 saturated carbocycles. The van der Waals surface area contributed by atoms with E-state index in [9.17, 15) is 9.59 Å². The molecule has 0 radical (unpaired) electrons. The Morgan fingerprint density at radius 3 is 2.73 bits per heavy atom. The molecule has 3 amide bonds. The summed E-state index contributed by atoms with van der Waals surface area (Å²) in [6, 6.07) is 0.0200. The monoisotopic (exact) mass is 306 g/mol. The van der Waals surface area contributed by atoms with Crippen molar-refractivity contribution >= 4 is 12.1 Å². The van der Waals surface area contributed by atoms with Crippen LogP contribution in [-0.2, 0) is 0 Å². The molecule has 2 aliphatic heterocycles. The largest absolute Gasteiger partial charge is 0.465 e. The summed E-state index contributed by atoms with van der Waals surface area (Å²) in [5.41, 5.74) is 8.48. The fourth-order valence-corrected chi connectivity index (χ4v) is 4.85. The van der Waals surface area contributed by atoms with Gasteiger partial charge in [-0.1, -0.05) is 5.11 Å². The Hall–Kier alpha value is -2.15. The molecule has 1 unspecified atom stereocenters. The SMILES string of the molecule is [N-]=[N+]=NCC12CC(N3CC4CN(C(=O)O)CCN4C3=O)(C1)C2. The van der Waals surface area contributed by atoms with Crippen LogP contribution < -0.4 is 0 Å². The maximum atomic E-state index is 12.6. The summed E-state index contributed by atoms with van der Waals surface area (Å²) in [6.45, 7) is 2.40. The topological polar surface area (TPSA) is 113 Å². The number of hydrogen-bond acceptors (Lipinski definition) is 3. The maximum Gasteiger partial charge on any atom is 0.407 e. The lowest BCUT2D eigenvalue weighted by Gasteiger charge is -2.73. The van der Waals surface area contributed by atoms with E-state index in [2.05, 4.69) is 10.0 Å². The zero-order valence-corrected chi connectivity index (χ0v) is 12.2. The van der Waals surface area contributed by atoms with Crippen molar-refractivity contribution in [3.8, 4) is 0 Å². The molecule has 1 N–H and O–H groups in total. The minimum atomic E-state index is -0.913. The molecule has 0 aromatic heterocycles. The van der Waals surface area contributed by atoms with E-state index in [1.165, 1.54) is 4.90 Å². The molecular formula is C13H18N6O3. The van der Waals surface area contributed by atoms with E-state index < -0.39 is 6.09 Å². The van der Waals surface area contributed by atoms with Crippen LogP contribution in [0.2, 0.25) is 0 Å². The van der Waals surface area contributed by atoms with Crippen molar-refractivity contribution in [3.63, 3.8) is 0 Å². The molecular weight excluding hydrogens is 288 g/mol. The van der Waals surface area contributed by atoms with Crippen LogP contribution >= 0.6 is 0 Å².